The number of benzene rings is 1. The molecule has 37 heavy (non-hydrogen) atoms. The molecule has 1 fully saturated rings. The summed E-state index contributed by atoms with van der Waals surface area (Å²) in [6, 6.07) is 2.60. The lowest BCUT2D eigenvalue weighted by Gasteiger charge is -2.61. The van der Waals surface area contributed by atoms with Crippen molar-refractivity contribution in [1.82, 2.24) is 10.2 Å². The lowest BCUT2D eigenvalue weighted by molar-refractivity contribution is -0.170. The van der Waals surface area contributed by atoms with Gasteiger partial charge in [0.05, 0.1) is 24.5 Å². The maximum Gasteiger partial charge on any atom is 0.333 e. The number of methoxy groups -OCH3 is 1. The maximum atomic E-state index is 12.9. The van der Waals surface area contributed by atoms with Crippen LogP contribution in [0.15, 0.2) is 24.0 Å². The van der Waals surface area contributed by atoms with Crippen molar-refractivity contribution in [3.8, 4) is 11.5 Å². The van der Waals surface area contributed by atoms with E-state index in [0.717, 1.165) is 17.7 Å². The standard InChI is InChI=1S/C25H30N2O9.ClH/c1-12(26-18(29)11-14(28)22(30)31)23(32)35-16-6-7-25(33)17-10-13-4-5-15(34-3)20-19(13)24(25,21(16)36-20)8-9-27(17)2;/h4-6,12,14,17,21,28,33H,7-11H2,1-3H3,(H,26,29)(H,30,31);1H/t12-,14-,17+,21-,24-,25+;/m0./s1. The van der Waals surface area contributed by atoms with Crippen LogP contribution in [0, 0.1) is 0 Å². The van der Waals surface area contributed by atoms with Gasteiger partial charge in [-0.05, 0) is 51.1 Å². The number of likely N-dealkylation sites (N-methyl/N-ethyl adjacent to an activating group) is 1. The number of carbonyl (C=O) groups is 3. The Morgan fingerprint density at radius 1 is 1.32 bits per heavy atom. The fourth-order valence-corrected chi connectivity index (χ4v) is 6.41. The number of ether oxygens (including phenoxy) is 3. The van der Waals surface area contributed by atoms with Crippen LogP contribution in [0.3, 0.4) is 0 Å². The number of nitrogens with one attached hydrogen (secondary N) is 1. The molecule has 4 N–H and O–H groups in total. The molecule has 1 aromatic rings. The van der Waals surface area contributed by atoms with Gasteiger partial charge in [-0.25, -0.2) is 9.59 Å². The number of carboxylic acids is 1. The molecule has 2 heterocycles. The van der Waals surface area contributed by atoms with Crippen molar-refractivity contribution in [3.63, 3.8) is 0 Å². The number of carbonyl (C=O) groups excluding carboxylic acids is 2. The van der Waals surface area contributed by atoms with E-state index in [0.29, 0.717) is 24.3 Å². The van der Waals surface area contributed by atoms with Crippen LogP contribution >= 0.6 is 12.4 Å². The SMILES string of the molecule is COc1ccc2c3c1O[C@H]1C(OC(=O)[C@H](C)NC(=O)C[C@H](O)C(=O)O)=CC[C@@]4(O)[C@@H](C2)N(C)CC[C@]314.Cl. The fraction of sp³-hybridized carbons (Fsp3) is 0.560. The summed E-state index contributed by atoms with van der Waals surface area (Å²) in [6.07, 6.45) is -0.147. The number of rotatable bonds is 7. The summed E-state index contributed by atoms with van der Waals surface area (Å²) in [4.78, 5) is 37.9. The van der Waals surface area contributed by atoms with E-state index in [1.165, 1.54) is 6.92 Å². The molecule has 0 aromatic heterocycles. The van der Waals surface area contributed by atoms with Crippen LogP contribution < -0.4 is 14.8 Å². The number of aliphatic carboxylic acids is 1. The van der Waals surface area contributed by atoms with E-state index in [1.807, 2.05) is 19.2 Å². The second kappa shape index (κ2) is 9.46. The van der Waals surface area contributed by atoms with Gasteiger partial charge < -0.3 is 39.7 Å². The van der Waals surface area contributed by atoms with Crippen LogP contribution in [0.5, 0.6) is 11.5 Å². The predicted octanol–water partition coefficient (Wildman–Crippen LogP) is 0.278. The Labute approximate surface area is 219 Å². The Balaban J connectivity index is 0.00000320. The minimum atomic E-state index is -1.87. The molecule has 12 heteroatoms. The molecule has 1 spiro atoms. The molecule has 6 atom stereocenters. The second-order valence-corrected chi connectivity index (χ2v) is 10.1. The zero-order valence-corrected chi connectivity index (χ0v) is 21.5. The van der Waals surface area contributed by atoms with Gasteiger partial charge in [-0.2, -0.15) is 0 Å². The first-order valence-electron chi connectivity index (χ1n) is 11.9. The Hall–Kier alpha value is -2.86. The van der Waals surface area contributed by atoms with E-state index in [1.54, 1.807) is 13.2 Å². The van der Waals surface area contributed by atoms with Gasteiger partial charge >= 0.3 is 11.9 Å². The van der Waals surface area contributed by atoms with Crippen molar-refractivity contribution >= 4 is 30.3 Å². The monoisotopic (exact) mass is 538 g/mol. The summed E-state index contributed by atoms with van der Waals surface area (Å²) in [5.74, 6) is -1.76. The summed E-state index contributed by atoms with van der Waals surface area (Å²) in [5.41, 5.74) is 0.00583. The Morgan fingerprint density at radius 3 is 2.73 bits per heavy atom. The zero-order chi connectivity index (χ0) is 26.0. The number of nitrogens with zero attached hydrogens (tertiary/aromatic N) is 1. The number of amides is 1. The molecule has 2 aliphatic heterocycles. The molecule has 1 amide bonds. The van der Waals surface area contributed by atoms with Gasteiger partial charge in [0.2, 0.25) is 5.91 Å². The highest BCUT2D eigenvalue weighted by molar-refractivity contribution is 5.87. The van der Waals surface area contributed by atoms with Crippen LogP contribution in [0.2, 0.25) is 0 Å². The first-order valence-corrected chi connectivity index (χ1v) is 11.9. The van der Waals surface area contributed by atoms with E-state index in [-0.39, 0.29) is 30.6 Å². The Morgan fingerprint density at radius 2 is 2.05 bits per heavy atom. The van der Waals surface area contributed by atoms with E-state index in [2.05, 4.69) is 10.2 Å². The topological polar surface area (TPSA) is 155 Å². The minimum Gasteiger partial charge on any atom is -0.493 e. The van der Waals surface area contributed by atoms with Crippen LogP contribution in [-0.2, 0) is 31.0 Å². The number of hydrogen-bond acceptors (Lipinski definition) is 9. The molecule has 0 saturated carbocycles. The predicted molar refractivity (Wildman–Crippen MR) is 131 cm³/mol. The van der Waals surface area contributed by atoms with Gasteiger partial charge in [0.25, 0.3) is 0 Å². The highest BCUT2D eigenvalue weighted by Crippen LogP contribution is 2.65. The highest BCUT2D eigenvalue weighted by atomic mass is 35.5. The highest BCUT2D eigenvalue weighted by Gasteiger charge is 2.72. The normalized spacial score (nSPS) is 30.5. The number of halogens is 1. The van der Waals surface area contributed by atoms with Gasteiger partial charge in [-0.1, -0.05) is 6.07 Å². The summed E-state index contributed by atoms with van der Waals surface area (Å²) < 4.78 is 17.7. The number of piperidine rings is 1. The van der Waals surface area contributed by atoms with Crippen molar-refractivity contribution < 1.29 is 43.9 Å². The molecule has 0 radical (unpaired) electrons. The molecule has 1 saturated heterocycles. The lowest BCUT2D eigenvalue weighted by atomic mass is 9.50. The quantitative estimate of drug-likeness (QED) is 0.356. The molecule has 5 rings (SSSR count). The summed E-state index contributed by atoms with van der Waals surface area (Å²) in [5, 5.41) is 32.7. The molecule has 11 nitrogen and oxygen atoms in total. The summed E-state index contributed by atoms with van der Waals surface area (Å²) in [6.45, 7) is 2.13. The molecule has 0 unspecified atom stereocenters. The molecule has 2 bridgehead atoms. The third kappa shape index (κ3) is 3.87. The van der Waals surface area contributed by atoms with Gasteiger partial charge in [-0.3, -0.25) is 4.79 Å². The molecular weight excluding hydrogens is 508 g/mol. The van der Waals surface area contributed by atoms with Crippen molar-refractivity contribution in [1.29, 1.82) is 0 Å². The first-order chi connectivity index (χ1) is 17.0. The first kappa shape index (κ1) is 27.2. The largest absolute Gasteiger partial charge is 0.493 e. The fourth-order valence-electron chi connectivity index (χ4n) is 6.41. The number of aliphatic hydroxyl groups excluding tert-OH is 1. The maximum absolute atomic E-state index is 12.9. The number of likely N-dealkylation sites (tertiary alicyclic amines) is 1. The minimum absolute atomic E-state index is 0. The molecule has 202 valence electrons. The van der Waals surface area contributed by atoms with Crippen LogP contribution in [0.4, 0.5) is 0 Å². The van der Waals surface area contributed by atoms with Gasteiger partial charge in [0, 0.05) is 18.0 Å². The van der Waals surface area contributed by atoms with E-state index < -0.39 is 53.5 Å². The van der Waals surface area contributed by atoms with E-state index in [9.17, 15) is 24.6 Å². The summed E-state index contributed by atoms with van der Waals surface area (Å²) in [7, 11) is 3.55. The van der Waals surface area contributed by atoms with Crippen molar-refractivity contribution in [2.45, 2.75) is 67.9 Å². The summed E-state index contributed by atoms with van der Waals surface area (Å²) >= 11 is 0. The van der Waals surface area contributed by atoms with Gasteiger partial charge in [0.1, 0.15) is 11.8 Å². The number of esters is 1. The average Bonchev–Trinajstić information content (AvgIpc) is 3.18. The van der Waals surface area contributed by atoms with Gasteiger partial charge in [0.15, 0.2) is 23.7 Å². The molecule has 2 aliphatic carbocycles. The third-order valence-electron chi connectivity index (χ3n) is 8.17. The van der Waals surface area contributed by atoms with Crippen LogP contribution in [0.25, 0.3) is 0 Å². The lowest BCUT2D eigenvalue weighted by Crippen LogP contribution is -2.74. The van der Waals surface area contributed by atoms with Crippen molar-refractivity contribution in [3.05, 3.63) is 35.1 Å². The van der Waals surface area contributed by atoms with E-state index in [4.69, 9.17) is 19.3 Å². The Kier molecular flexibility index (Phi) is 6.95. The molecule has 1 aromatic carbocycles. The number of hydrogen-bond donors (Lipinski definition) is 4. The van der Waals surface area contributed by atoms with Crippen LogP contribution in [-0.4, -0.2) is 88.7 Å². The molecule has 4 aliphatic rings. The van der Waals surface area contributed by atoms with Gasteiger partial charge in [-0.15, -0.1) is 12.4 Å². The van der Waals surface area contributed by atoms with E-state index >= 15 is 0 Å². The van der Waals surface area contributed by atoms with Crippen molar-refractivity contribution in [2.75, 3.05) is 20.7 Å². The number of carboxylic acid groups (broad SMARTS) is 1. The Bertz CT molecular complexity index is 1170. The smallest absolute Gasteiger partial charge is 0.333 e. The molecular formula is C25H31ClN2O9. The number of aliphatic hydroxyl groups is 2. The second-order valence-electron chi connectivity index (χ2n) is 10.1. The zero-order valence-electron chi connectivity index (χ0n) is 20.7. The third-order valence-corrected chi connectivity index (χ3v) is 8.17. The average molecular weight is 539 g/mol. The van der Waals surface area contributed by atoms with Crippen molar-refractivity contribution in [2.24, 2.45) is 0 Å². The van der Waals surface area contributed by atoms with Crippen LogP contribution in [0.1, 0.15) is 37.3 Å².